The van der Waals surface area contributed by atoms with Crippen molar-refractivity contribution in [2.45, 2.75) is 29.8 Å². The highest BCUT2D eigenvalue weighted by Crippen LogP contribution is 2.21. The van der Waals surface area contributed by atoms with Crippen LogP contribution in [0.3, 0.4) is 0 Å². The maximum Gasteiger partial charge on any atom is 0.326 e. The van der Waals surface area contributed by atoms with Crippen LogP contribution in [0, 0.1) is 5.82 Å². The largest absolute Gasteiger partial charge is 0.326 e. The molecule has 0 aromatic heterocycles. The number of hydrogen-bond acceptors (Lipinski definition) is 5. The van der Waals surface area contributed by atoms with Gasteiger partial charge in [0.25, 0.3) is 0 Å². The van der Waals surface area contributed by atoms with Gasteiger partial charge in [-0.25, -0.2) is 22.3 Å². The number of nitrogens with one attached hydrogen (secondary N) is 1. The Morgan fingerprint density at radius 3 is 2.37 bits per heavy atom. The van der Waals surface area contributed by atoms with Gasteiger partial charge in [-0.15, -0.1) is 0 Å². The number of sulfonamides is 1. The van der Waals surface area contributed by atoms with Gasteiger partial charge in [-0.2, -0.15) is 0 Å². The summed E-state index contributed by atoms with van der Waals surface area (Å²) in [5, 5.41) is 0. The number of halogens is 1. The molecule has 2 aliphatic heterocycles. The number of carbonyl (C=O) groups is 2. The SMILES string of the molecule is CN1CC(N2CCC(NS(=O)(=O)c3ccccc3F)CC2)C(=O)N(C)C1=O. The van der Waals surface area contributed by atoms with Crippen LogP contribution in [0.25, 0.3) is 0 Å². The predicted molar refractivity (Wildman–Crippen MR) is 95.9 cm³/mol. The van der Waals surface area contributed by atoms with Crippen molar-refractivity contribution in [2.24, 2.45) is 0 Å². The Morgan fingerprint density at radius 2 is 1.74 bits per heavy atom. The molecule has 2 aliphatic rings. The number of rotatable bonds is 4. The molecule has 0 spiro atoms. The highest BCUT2D eigenvalue weighted by Gasteiger charge is 2.40. The molecule has 0 saturated carbocycles. The van der Waals surface area contributed by atoms with Crippen LogP contribution in [-0.2, 0) is 14.8 Å². The molecule has 27 heavy (non-hydrogen) atoms. The van der Waals surface area contributed by atoms with Crippen LogP contribution >= 0.6 is 0 Å². The molecule has 2 saturated heterocycles. The Kier molecular flexibility index (Phi) is 5.50. The molecular formula is C17H23FN4O4S. The van der Waals surface area contributed by atoms with Gasteiger partial charge in [-0.05, 0) is 25.0 Å². The molecule has 148 valence electrons. The fourth-order valence-corrected chi connectivity index (χ4v) is 4.92. The second-order valence-electron chi connectivity index (χ2n) is 6.94. The van der Waals surface area contributed by atoms with Crippen LogP contribution in [0.4, 0.5) is 9.18 Å². The van der Waals surface area contributed by atoms with Crippen LogP contribution in [0.5, 0.6) is 0 Å². The van der Waals surface area contributed by atoms with E-state index in [-0.39, 0.29) is 22.9 Å². The second kappa shape index (κ2) is 7.53. The van der Waals surface area contributed by atoms with E-state index in [1.54, 1.807) is 7.05 Å². The van der Waals surface area contributed by atoms with E-state index < -0.39 is 21.9 Å². The van der Waals surface area contributed by atoms with Crippen molar-refractivity contribution in [3.8, 4) is 0 Å². The molecule has 1 aromatic rings. The number of amides is 3. The topological polar surface area (TPSA) is 90.0 Å². The molecule has 1 N–H and O–H groups in total. The number of piperidine rings is 1. The third-order valence-electron chi connectivity index (χ3n) is 5.09. The third-order valence-corrected chi connectivity index (χ3v) is 6.65. The average molecular weight is 398 g/mol. The standard InChI is InChI=1S/C17H23FN4O4S/c1-20-11-14(16(23)21(2)17(20)24)22-9-7-12(8-10-22)19-27(25,26)15-6-4-3-5-13(15)18/h3-6,12,14,19H,7-11H2,1-2H3. The van der Waals surface area contributed by atoms with E-state index in [1.165, 1.54) is 30.1 Å². The molecule has 2 heterocycles. The highest BCUT2D eigenvalue weighted by atomic mass is 32.2. The van der Waals surface area contributed by atoms with E-state index in [2.05, 4.69) is 4.72 Å². The quantitative estimate of drug-likeness (QED) is 0.796. The lowest BCUT2D eigenvalue weighted by Crippen LogP contribution is -2.63. The van der Waals surface area contributed by atoms with Crippen LogP contribution in [0.2, 0.25) is 0 Å². The first-order chi connectivity index (χ1) is 12.7. The average Bonchev–Trinajstić information content (AvgIpc) is 2.63. The van der Waals surface area contributed by atoms with Gasteiger partial charge in [0.15, 0.2) is 0 Å². The van der Waals surface area contributed by atoms with Crippen molar-refractivity contribution in [3.63, 3.8) is 0 Å². The van der Waals surface area contributed by atoms with Crippen molar-refractivity contribution in [2.75, 3.05) is 33.7 Å². The number of hydrogen-bond donors (Lipinski definition) is 1. The van der Waals surface area contributed by atoms with Crippen molar-refractivity contribution in [3.05, 3.63) is 30.1 Å². The lowest BCUT2D eigenvalue weighted by Gasteiger charge is -2.42. The minimum atomic E-state index is -3.94. The predicted octanol–water partition coefficient (Wildman–Crippen LogP) is 0.461. The van der Waals surface area contributed by atoms with Crippen LogP contribution in [-0.4, -0.2) is 80.9 Å². The third kappa shape index (κ3) is 3.97. The zero-order valence-electron chi connectivity index (χ0n) is 15.3. The summed E-state index contributed by atoms with van der Waals surface area (Å²) < 4.78 is 41.2. The van der Waals surface area contributed by atoms with Crippen molar-refractivity contribution in [1.29, 1.82) is 0 Å². The summed E-state index contributed by atoms with van der Waals surface area (Å²) in [5.74, 6) is -1.03. The minimum absolute atomic E-state index is 0.247. The van der Waals surface area contributed by atoms with E-state index in [1.807, 2.05) is 4.90 Å². The van der Waals surface area contributed by atoms with Gasteiger partial charge < -0.3 is 4.90 Å². The molecule has 1 atom stereocenters. The molecule has 3 rings (SSSR count). The van der Waals surface area contributed by atoms with E-state index in [9.17, 15) is 22.4 Å². The number of urea groups is 1. The fourth-order valence-electron chi connectivity index (χ4n) is 3.54. The zero-order chi connectivity index (χ0) is 19.8. The summed E-state index contributed by atoms with van der Waals surface area (Å²) >= 11 is 0. The van der Waals surface area contributed by atoms with E-state index in [0.29, 0.717) is 32.5 Å². The number of imide groups is 1. The summed E-state index contributed by atoms with van der Waals surface area (Å²) in [6, 6.07) is 4.17. The second-order valence-corrected chi connectivity index (χ2v) is 8.62. The number of likely N-dealkylation sites (tertiary alicyclic amines) is 1. The summed E-state index contributed by atoms with van der Waals surface area (Å²) in [6.07, 6.45) is 0.998. The fraction of sp³-hybridized carbons (Fsp3) is 0.529. The molecule has 8 nitrogen and oxygen atoms in total. The van der Waals surface area contributed by atoms with Crippen LogP contribution in [0.1, 0.15) is 12.8 Å². The van der Waals surface area contributed by atoms with Gasteiger partial charge in [0, 0.05) is 39.8 Å². The molecule has 1 aromatic carbocycles. The van der Waals surface area contributed by atoms with E-state index in [4.69, 9.17) is 0 Å². The minimum Gasteiger partial charge on any atom is -0.325 e. The molecule has 1 unspecified atom stereocenters. The summed E-state index contributed by atoms with van der Waals surface area (Å²) in [7, 11) is -0.833. The number of likely N-dealkylation sites (N-methyl/N-ethyl adjacent to an activating group) is 2. The molecule has 2 fully saturated rings. The van der Waals surface area contributed by atoms with Gasteiger partial charge in [-0.1, -0.05) is 12.1 Å². The molecule has 0 radical (unpaired) electrons. The van der Waals surface area contributed by atoms with Crippen molar-refractivity contribution >= 4 is 22.0 Å². The Balaban J connectivity index is 1.62. The number of nitrogens with zero attached hydrogens (tertiary/aromatic N) is 3. The Morgan fingerprint density at radius 1 is 1.11 bits per heavy atom. The van der Waals surface area contributed by atoms with Crippen LogP contribution < -0.4 is 4.72 Å². The van der Waals surface area contributed by atoms with Gasteiger partial charge >= 0.3 is 6.03 Å². The lowest BCUT2D eigenvalue weighted by molar-refractivity contribution is -0.136. The monoisotopic (exact) mass is 398 g/mol. The maximum absolute atomic E-state index is 13.8. The van der Waals surface area contributed by atoms with Gasteiger partial charge in [0.2, 0.25) is 15.9 Å². The summed E-state index contributed by atoms with van der Waals surface area (Å²) in [5.41, 5.74) is 0. The molecule has 10 heteroatoms. The number of carbonyl (C=O) groups excluding carboxylic acids is 2. The molecule has 0 aliphatic carbocycles. The maximum atomic E-state index is 13.8. The zero-order valence-corrected chi connectivity index (χ0v) is 16.1. The first-order valence-electron chi connectivity index (χ1n) is 8.74. The molecular weight excluding hydrogens is 375 g/mol. The number of benzene rings is 1. The first kappa shape index (κ1) is 19.7. The van der Waals surface area contributed by atoms with E-state index in [0.717, 1.165) is 11.0 Å². The van der Waals surface area contributed by atoms with Crippen LogP contribution in [0.15, 0.2) is 29.2 Å². The highest BCUT2D eigenvalue weighted by molar-refractivity contribution is 7.89. The normalized spacial score (nSPS) is 23.1. The lowest BCUT2D eigenvalue weighted by atomic mass is 10.0. The van der Waals surface area contributed by atoms with Gasteiger partial charge in [0.1, 0.15) is 16.8 Å². The smallest absolute Gasteiger partial charge is 0.325 e. The van der Waals surface area contributed by atoms with E-state index >= 15 is 0 Å². The Hall–Kier alpha value is -2.04. The Bertz CT molecular complexity index is 839. The van der Waals surface area contributed by atoms with Gasteiger partial charge in [-0.3, -0.25) is 14.6 Å². The molecule has 0 bridgehead atoms. The summed E-state index contributed by atoms with van der Waals surface area (Å²) in [4.78, 5) is 28.5. The van der Waals surface area contributed by atoms with Crippen molar-refractivity contribution in [1.82, 2.24) is 19.4 Å². The summed E-state index contributed by atoms with van der Waals surface area (Å²) in [6.45, 7) is 1.33. The van der Waals surface area contributed by atoms with Gasteiger partial charge in [0.05, 0.1) is 0 Å². The van der Waals surface area contributed by atoms with Crippen molar-refractivity contribution < 1.29 is 22.4 Å². The first-order valence-corrected chi connectivity index (χ1v) is 10.2. The molecule has 3 amide bonds. The Labute approximate surface area is 158 Å².